The van der Waals surface area contributed by atoms with Crippen molar-refractivity contribution in [3.8, 4) is 0 Å². The van der Waals surface area contributed by atoms with Gasteiger partial charge in [-0.1, -0.05) is 76.5 Å². The van der Waals surface area contributed by atoms with Crippen molar-refractivity contribution < 1.29 is 0 Å². The standard InChI is InChI=1S/C23H40/c1-3-5-6-9-21-16-18-23(19-17-21)11-8-7-10-22-14-12-20(4-2)13-15-22/h4,7,10,20-23H,2-3,5-6,8-9,11-19H2,1H3/b10-7+/t20-,21-,22-,23-. The van der Waals surface area contributed by atoms with Gasteiger partial charge in [-0.05, 0) is 62.2 Å². The second-order valence-electron chi connectivity index (χ2n) is 8.30. The van der Waals surface area contributed by atoms with Crippen LogP contribution in [-0.4, -0.2) is 0 Å². The third-order valence-corrected chi connectivity index (χ3v) is 6.48. The highest BCUT2D eigenvalue weighted by Gasteiger charge is 2.20. The zero-order valence-electron chi connectivity index (χ0n) is 15.6. The van der Waals surface area contributed by atoms with Crippen LogP contribution in [0.15, 0.2) is 24.8 Å². The van der Waals surface area contributed by atoms with Gasteiger partial charge in [0, 0.05) is 0 Å². The predicted molar refractivity (Wildman–Crippen MR) is 104 cm³/mol. The zero-order chi connectivity index (χ0) is 16.3. The van der Waals surface area contributed by atoms with Crippen LogP contribution in [0.3, 0.4) is 0 Å². The molecule has 0 aromatic heterocycles. The third-order valence-electron chi connectivity index (χ3n) is 6.48. The maximum atomic E-state index is 3.94. The van der Waals surface area contributed by atoms with Crippen LogP contribution in [0.25, 0.3) is 0 Å². The van der Waals surface area contributed by atoms with Gasteiger partial charge in [0.05, 0.1) is 0 Å². The van der Waals surface area contributed by atoms with Gasteiger partial charge in [0.2, 0.25) is 0 Å². The fourth-order valence-corrected chi connectivity index (χ4v) is 4.69. The number of rotatable bonds is 9. The largest absolute Gasteiger partial charge is 0.103 e. The van der Waals surface area contributed by atoms with Gasteiger partial charge in [0.1, 0.15) is 0 Å². The predicted octanol–water partition coefficient (Wildman–Crippen LogP) is 7.70. The first-order valence-electron chi connectivity index (χ1n) is 10.6. The van der Waals surface area contributed by atoms with Crippen LogP contribution < -0.4 is 0 Å². The van der Waals surface area contributed by atoms with Crippen LogP contribution in [0.5, 0.6) is 0 Å². The van der Waals surface area contributed by atoms with Crippen molar-refractivity contribution >= 4 is 0 Å². The Morgan fingerprint density at radius 1 is 0.783 bits per heavy atom. The molecule has 2 aliphatic carbocycles. The Hall–Kier alpha value is -0.520. The average Bonchev–Trinajstić information content (AvgIpc) is 2.61. The Morgan fingerprint density at radius 3 is 2.00 bits per heavy atom. The van der Waals surface area contributed by atoms with E-state index < -0.39 is 0 Å². The fraction of sp³-hybridized carbons (Fsp3) is 0.826. The SMILES string of the molecule is C=C[C@H]1CC[C@H](/C=C/CC[C@H]2CC[C@H](CCCCC)CC2)CC1. The van der Waals surface area contributed by atoms with Gasteiger partial charge < -0.3 is 0 Å². The summed E-state index contributed by atoms with van der Waals surface area (Å²) in [5, 5.41) is 0. The van der Waals surface area contributed by atoms with Gasteiger partial charge in [-0.25, -0.2) is 0 Å². The lowest BCUT2D eigenvalue weighted by atomic mass is 9.78. The fourth-order valence-electron chi connectivity index (χ4n) is 4.69. The van der Waals surface area contributed by atoms with Crippen molar-refractivity contribution in [3.05, 3.63) is 24.8 Å². The second-order valence-corrected chi connectivity index (χ2v) is 8.30. The molecule has 23 heavy (non-hydrogen) atoms. The van der Waals surface area contributed by atoms with E-state index in [0.717, 1.165) is 23.7 Å². The highest BCUT2D eigenvalue weighted by molar-refractivity contribution is 4.94. The Morgan fingerprint density at radius 2 is 1.39 bits per heavy atom. The molecule has 0 amide bonds. The summed E-state index contributed by atoms with van der Waals surface area (Å²) in [6, 6.07) is 0. The number of allylic oxidation sites excluding steroid dienone is 3. The van der Waals surface area contributed by atoms with Gasteiger partial charge in [-0.3, -0.25) is 0 Å². The van der Waals surface area contributed by atoms with Crippen LogP contribution in [0.2, 0.25) is 0 Å². The molecule has 2 saturated carbocycles. The highest BCUT2D eigenvalue weighted by atomic mass is 14.3. The van der Waals surface area contributed by atoms with Crippen molar-refractivity contribution in [2.45, 2.75) is 96.8 Å². The molecule has 2 fully saturated rings. The van der Waals surface area contributed by atoms with Crippen LogP contribution in [0.1, 0.15) is 96.8 Å². The van der Waals surface area contributed by atoms with E-state index in [9.17, 15) is 0 Å². The van der Waals surface area contributed by atoms with E-state index in [1.807, 2.05) is 0 Å². The van der Waals surface area contributed by atoms with Crippen LogP contribution >= 0.6 is 0 Å². The summed E-state index contributed by atoms with van der Waals surface area (Å²) in [6.45, 7) is 6.26. The smallest absolute Gasteiger partial charge is 0.0233 e. The molecule has 0 heteroatoms. The molecule has 0 heterocycles. The summed E-state index contributed by atoms with van der Waals surface area (Å²) >= 11 is 0. The lowest BCUT2D eigenvalue weighted by Crippen LogP contribution is -2.14. The summed E-state index contributed by atoms with van der Waals surface area (Å²) in [5.41, 5.74) is 0. The highest BCUT2D eigenvalue weighted by Crippen LogP contribution is 2.34. The van der Waals surface area contributed by atoms with Crippen molar-refractivity contribution in [1.82, 2.24) is 0 Å². The summed E-state index contributed by atoms with van der Waals surface area (Å²) in [4.78, 5) is 0. The van der Waals surface area contributed by atoms with Gasteiger partial charge in [-0.15, -0.1) is 6.58 Å². The van der Waals surface area contributed by atoms with Gasteiger partial charge in [-0.2, -0.15) is 0 Å². The average molecular weight is 317 g/mol. The molecule has 0 N–H and O–H groups in total. The van der Waals surface area contributed by atoms with Gasteiger partial charge in [0.25, 0.3) is 0 Å². The molecular formula is C23H40. The molecule has 0 radical (unpaired) electrons. The Bertz CT molecular complexity index is 324. The molecule has 0 spiro atoms. The first-order valence-corrected chi connectivity index (χ1v) is 10.6. The molecule has 0 nitrogen and oxygen atoms in total. The summed E-state index contributed by atoms with van der Waals surface area (Å²) in [7, 11) is 0. The van der Waals surface area contributed by atoms with E-state index in [0.29, 0.717) is 0 Å². The van der Waals surface area contributed by atoms with Crippen LogP contribution in [-0.2, 0) is 0 Å². The minimum absolute atomic E-state index is 0.798. The van der Waals surface area contributed by atoms with E-state index >= 15 is 0 Å². The molecule has 2 aliphatic rings. The Balaban J connectivity index is 1.52. The molecule has 0 bridgehead atoms. The minimum Gasteiger partial charge on any atom is -0.103 e. The van der Waals surface area contributed by atoms with Crippen molar-refractivity contribution in [2.24, 2.45) is 23.7 Å². The molecule has 132 valence electrons. The van der Waals surface area contributed by atoms with Crippen LogP contribution in [0, 0.1) is 23.7 Å². The summed E-state index contributed by atoms with van der Waals surface area (Å²) in [6.07, 6.45) is 27.3. The van der Waals surface area contributed by atoms with Crippen molar-refractivity contribution in [3.63, 3.8) is 0 Å². The Kier molecular flexibility index (Phi) is 9.09. The first-order chi connectivity index (χ1) is 11.3. The first kappa shape index (κ1) is 18.8. The lowest BCUT2D eigenvalue weighted by molar-refractivity contribution is 0.250. The molecule has 0 aromatic rings. The van der Waals surface area contributed by atoms with E-state index in [1.54, 1.807) is 0 Å². The van der Waals surface area contributed by atoms with E-state index in [1.165, 1.54) is 89.9 Å². The lowest BCUT2D eigenvalue weighted by Gasteiger charge is -2.28. The number of hydrogen-bond donors (Lipinski definition) is 0. The molecule has 0 aliphatic heterocycles. The number of hydrogen-bond acceptors (Lipinski definition) is 0. The molecule has 2 rings (SSSR count). The Labute approximate surface area is 145 Å². The van der Waals surface area contributed by atoms with Gasteiger partial charge in [0.15, 0.2) is 0 Å². The van der Waals surface area contributed by atoms with E-state index in [4.69, 9.17) is 0 Å². The van der Waals surface area contributed by atoms with Gasteiger partial charge >= 0.3 is 0 Å². The maximum Gasteiger partial charge on any atom is -0.0233 e. The molecule has 0 aromatic carbocycles. The van der Waals surface area contributed by atoms with Crippen molar-refractivity contribution in [2.75, 3.05) is 0 Å². The summed E-state index contributed by atoms with van der Waals surface area (Å²) in [5.74, 6) is 3.75. The molecular weight excluding hydrogens is 276 g/mol. The quantitative estimate of drug-likeness (QED) is 0.302. The van der Waals surface area contributed by atoms with Crippen molar-refractivity contribution in [1.29, 1.82) is 0 Å². The van der Waals surface area contributed by atoms with E-state index in [2.05, 4.69) is 31.7 Å². The topological polar surface area (TPSA) is 0 Å². The normalized spacial score (nSPS) is 32.2. The summed E-state index contributed by atoms with van der Waals surface area (Å²) < 4.78 is 0. The molecule has 0 saturated heterocycles. The minimum atomic E-state index is 0.798. The maximum absolute atomic E-state index is 3.94. The monoisotopic (exact) mass is 316 g/mol. The van der Waals surface area contributed by atoms with Crippen LogP contribution in [0.4, 0.5) is 0 Å². The number of unbranched alkanes of at least 4 members (excludes halogenated alkanes) is 2. The second kappa shape index (κ2) is 11.1. The molecule has 0 unspecified atom stereocenters. The molecule has 0 atom stereocenters. The third kappa shape index (κ3) is 7.27. The zero-order valence-corrected chi connectivity index (χ0v) is 15.6. The van der Waals surface area contributed by atoms with E-state index in [-0.39, 0.29) is 0 Å².